The fourth-order valence-corrected chi connectivity index (χ4v) is 13.3. The number of hydrogen-bond donors (Lipinski definition) is 6. The number of rotatable bonds is 22. The molecule has 5 fully saturated rings. The first kappa shape index (κ1) is 65.2. The second-order valence-electron chi connectivity index (χ2n) is 22.1. The lowest BCUT2D eigenvalue weighted by Gasteiger charge is -2.31. The zero-order chi connectivity index (χ0) is 60.7. The summed E-state index contributed by atoms with van der Waals surface area (Å²) in [5.41, 5.74) is 20.4. The van der Waals surface area contributed by atoms with Crippen molar-refractivity contribution in [2.75, 3.05) is 64.1 Å². The molecule has 3 amide bonds. The number of imide groups is 1. The van der Waals surface area contributed by atoms with Crippen molar-refractivity contribution >= 4 is 55.5 Å². The van der Waals surface area contributed by atoms with Crippen molar-refractivity contribution in [3.8, 4) is 0 Å². The maximum atomic E-state index is 13.5. The molecule has 0 bridgehead atoms. The zero-order valence-electron chi connectivity index (χ0n) is 47.6. The van der Waals surface area contributed by atoms with Crippen LogP contribution in [0.25, 0.3) is 0 Å². The minimum Gasteiger partial charge on any atom is -0.443 e. The van der Waals surface area contributed by atoms with Crippen LogP contribution < -0.4 is 22.5 Å². The molecule has 5 aliphatic rings. The SMILES string of the molecule is CC(C)CN(C[C@@H](O)[C@@H](N)Cc1ccccc1)S(=O)(=O)c1ccc(N)cc1.CC(C)CN(C[C@@H](O)[C@H](Cc1ccccc1)NC(=O)O[C@H]1CO[C@H]2OCC[C@H]21)S(=O)(=O)c1ccc(N)cc1.O=C(O[C@H]1CO[C@H]2OCC[C@H]21)ON1C(=O)CCC1=O. The van der Waals surface area contributed by atoms with Crippen LogP contribution in [0.15, 0.2) is 119 Å². The normalized spacial score (nSPS) is 22.6. The van der Waals surface area contributed by atoms with Crippen LogP contribution in [0.2, 0.25) is 0 Å². The predicted octanol–water partition coefficient (Wildman–Crippen LogP) is 4.19. The highest BCUT2D eigenvalue weighted by Gasteiger charge is 2.46. The molecule has 9 rings (SSSR count). The highest BCUT2D eigenvalue weighted by atomic mass is 32.2. The number of carbonyl (C=O) groups is 4. The van der Waals surface area contributed by atoms with Gasteiger partial charge in [-0.3, -0.25) is 14.4 Å². The molecule has 0 radical (unpaired) electrons. The number of anilines is 2. The molecule has 5 saturated heterocycles. The number of nitrogens with zero attached hydrogens (tertiary/aromatic N) is 3. The Morgan fingerprint density at radius 2 is 1.05 bits per heavy atom. The number of fused-ring (bicyclic) bond motifs is 2. The second-order valence-corrected chi connectivity index (χ2v) is 25.9. The topological polar surface area (TPSA) is 341 Å². The molecule has 4 aromatic rings. The van der Waals surface area contributed by atoms with Gasteiger partial charge in [0.15, 0.2) is 12.6 Å². The number of alkyl carbamates (subject to hydrolysis) is 1. The van der Waals surface area contributed by atoms with Gasteiger partial charge in [0.25, 0.3) is 11.8 Å². The van der Waals surface area contributed by atoms with Crippen molar-refractivity contribution < 1.29 is 79.5 Å². The van der Waals surface area contributed by atoms with Gasteiger partial charge in [-0.15, -0.1) is 0 Å². The van der Waals surface area contributed by atoms with E-state index in [0.717, 1.165) is 24.0 Å². The number of nitrogens with one attached hydrogen (secondary N) is 1. The predicted molar refractivity (Wildman–Crippen MR) is 306 cm³/mol. The number of aliphatic hydroxyl groups is 2. The lowest BCUT2D eigenvalue weighted by atomic mass is 10.0. The van der Waals surface area contributed by atoms with Gasteiger partial charge in [0.2, 0.25) is 20.0 Å². The molecule has 0 saturated carbocycles. The number of carbonyl (C=O) groups excluding carboxylic acids is 4. The van der Waals surface area contributed by atoms with Gasteiger partial charge in [0, 0.05) is 56.4 Å². The molecule has 24 nitrogen and oxygen atoms in total. The molecule has 5 heterocycles. The first-order valence-corrected chi connectivity index (χ1v) is 30.9. The quantitative estimate of drug-likeness (QED) is 0.0365. The van der Waals surface area contributed by atoms with E-state index in [1.165, 1.54) is 45.0 Å². The van der Waals surface area contributed by atoms with E-state index in [0.29, 0.717) is 42.6 Å². The second kappa shape index (κ2) is 30.2. The van der Waals surface area contributed by atoms with Crippen LogP contribution in [0, 0.1) is 23.7 Å². The van der Waals surface area contributed by atoms with Crippen molar-refractivity contribution in [2.45, 2.75) is 125 Å². The first-order valence-electron chi connectivity index (χ1n) is 28.1. The summed E-state index contributed by atoms with van der Waals surface area (Å²) in [7, 11) is -7.68. The van der Waals surface area contributed by atoms with Crippen molar-refractivity contribution in [3.63, 3.8) is 0 Å². The van der Waals surface area contributed by atoms with Gasteiger partial charge in [0.05, 0.1) is 66.3 Å². The molecule has 460 valence electrons. The van der Waals surface area contributed by atoms with Crippen molar-refractivity contribution in [2.24, 2.45) is 29.4 Å². The smallest absolute Gasteiger partial charge is 0.443 e. The lowest BCUT2D eigenvalue weighted by molar-refractivity contribution is -0.179. The van der Waals surface area contributed by atoms with Gasteiger partial charge >= 0.3 is 12.2 Å². The number of benzene rings is 4. The van der Waals surface area contributed by atoms with E-state index >= 15 is 0 Å². The molecular formula is C58H79N7O17S2. The Morgan fingerprint density at radius 1 is 0.619 bits per heavy atom. The third-order valence-corrected chi connectivity index (χ3v) is 18.2. The molecule has 0 aromatic heterocycles. The number of hydrogen-bond acceptors (Lipinski definition) is 20. The third kappa shape index (κ3) is 18.1. The average molecular weight is 1210 g/mol. The summed E-state index contributed by atoms with van der Waals surface area (Å²) < 4.78 is 88.0. The molecule has 26 heteroatoms. The molecule has 0 spiro atoms. The summed E-state index contributed by atoms with van der Waals surface area (Å²) in [6.45, 7) is 9.47. The van der Waals surface area contributed by atoms with E-state index in [1.807, 2.05) is 88.4 Å². The number of nitrogens with two attached hydrogens (primary N) is 3. The molecule has 4 aromatic carbocycles. The molecule has 84 heavy (non-hydrogen) atoms. The van der Waals surface area contributed by atoms with Gasteiger partial charge in [-0.05, 0) is 97.2 Å². The van der Waals surface area contributed by atoms with Crippen LogP contribution >= 0.6 is 0 Å². The van der Waals surface area contributed by atoms with Gasteiger partial charge < -0.3 is 61.2 Å². The zero-order valence-corrected chi connectivity index (χ0v) is 49.3. The highest BCUT2D eigenvalue weighted by molar-refractivity contribution is 7.89. The van der Waals surface area contributed by atoms with Gasteiger partial charge in [-0.25, -0.2) is 26.4 Å². The Bertz CT molecular complexity index is 2990. The fourth-order valence-electron chi connectivity index (χ4n) is 10.1. The fraction of sp³-hybridized carbons (Fsp3) is 0.517. The summed E-state index contributed by atoms with van der Waals surface area (Å²) in [5, 5.41) is 25.1. The number of nitrogen functional groups attached to an aromatic ring is 2. The molecule has 10 atom stereocenters. The van der Waals surface area contributed by atoms with Gasteiger partial charge in [0.1, 0.15) is 12.2 Å². The van der Waals surface area contributed by atoms with E-state index < -0.39 is 80.6 Å². The molecule has 0 unspecified atom stereocenters. The van der Waals surface area contributed by atoms with E-state index in [1.54, 1.807) is 12.1 Å². The van der Waals surface area contributed by atoms with Crippen LogP contribution in [-0.2, 0) is 75.7 Å². The maximum Gasteiger partial charge on any atom is 0.534 e. The van der Waals surface area contributed by atoms with Gasteiger partial charge in [-0.2, -0.15) is 8.61 Å². The van der Waals surface area contributed by atoms with Crippen molar-refractivity contribution in [1.82, 2.24) is 19.0 Å². The monoisotopic (exact) mass is 1210 g/mol. The first-order chi connectivity index (χ1) is 40.0. The number of ether oxygens (including phenoxy) is 6. The van der Waals surface area contributed by atoms with E-state index in [9.17, 15) is 46.2 Å². The summed E-state index contributed by atoms with van der Waals surface area (Å²) in [4.78, 5) is 51.9. The highest BCUT2D eigenvalue weighted by Crippen LogP contribution is 2.34. The van der Waals surface area contributed by atoms with E-state index in [2.05, 4.69) is 10.2 Å². The molecule has 5 aliphatic heterocycles. The maximum absolute atomic E-state index is 13.5. The number of aliphatic hydroxyl groups excluding tert-OH is 2. The minimum absolute atomic E-state index is 0.000183. The summed E-state index contributed by atoms with van der Waals surface area (Å²) in [6.07, 6.45) is -3.22. The average Bonchev–Trinajstić information content (AvgIpc) is 3.63. The Balaban J connectivity index is 0.000000192. The molecule has 0 aliphatic carbocycles. The molecular weight excluding hydrogens is 1130 g/mol. The number of amides is 3. The Labute approximate surface area is 490 Å². The summed E-state index contributed by atoms with van der Waals surface area (Å²) in [6, 6.07) is 29.6. The Hall–Kier alpha value is -6.30. The minimum atomic E-state index is -3.93. The summed E-state index contributed by atoms with van der Waals surface area (Å²) >= 11 is 0. The largest absolute Gasteiger partial charge is 0.534 e. The molecule has 9 N–H and O–H groups in total. The van der Waals surface area contributed by atoms with Crippen LogP contribution in [0.4, 0.5) is 21.0 Å². The van der Waals surface area contributed by atoms with E-state index in [4.69, 9.17) is 45.6 Å². The number of sulfonamides is 2. The van der Waals surface area contributed by atoms with Crippen molar-refractivity contribution in [1.29, 1.82) is 0 Å². The van der Waals surface area contributed by atoms with Gasteiger partial charge in [-0.1, -0.05) is 93.4 Å². The van der Waals surface area contributed by atoms with Crippen LogP contribution in [0.5, 0.6) is 0 Å². The third-order valence-electron chi connectivity index (χ3n) is 14.5. The van der Waals surface area contributed by atoms with Crippen LogP contribution in [0.1, 0.15) is 64.5 Å². The van der Waals surface area contributed by atoms with Crippen molar-refractivity contribution in [3.05, 3.63) is 120 Å². The van der Waals surface area contributed by atoms with Crippen LogP contribution in [0.3, 0.4) is 0 Å². The van der Waals surface area contributed by atoms with E-state index in [-0.39, 0.29) is 98.2 Å². The Morgan fingerprint density at radius 3 is 1.50 bits per heavy atom. The standard InChI is InChI=1S/C27H37N3O7S.C20H29N3O3S.C11H13NO7/c1-18(2)15-30(38(33,34)21-10-8-20(28)9-11-21)16-24(31)23(14-19-6-4-3-5-7-19)29-27(32)37-25-17-36-26-22(25)12-13-35-26;1-15(2)13-23(27(25,26)18-10-8-17(21)9-11-18)14-20(24)19(22)12-16-6-4-3-5-7-16;13-8-1-2-9(14)12(8)19-11(15)18-7-5-17-10-6(7)3-4-16-10/h3-11,18,22-26,31H,12-17,28H2,1-2H3,(H,29,32);3-11,15,19-20,24H,12-14,21-22H2,1-2H3;6-7,10H,1-5H2/t22-,23-,24+,25-,26+;19-,20+;6-,7-,10+/m000/s1. The number of hydroxylamine groups is 2. The summed E-state index contributed by atoms with van der Waals surface area (Å²) in [5.74, 6) is -1.01. The Kier molecular flexibility index (Phi) is 23.4. The lowest BCUT2D eigenvalue weighted by Crippen LogP contribution is -2.51. The van der Waals surface area contributed by atoms with Crippen LogP contribution in [-0.4, -0.2) is 166 Å².